The van der Waals surface area contributed by atoms with Crippen LogP contribution in [0.2, 0.25) is 0 Å². The first-order chi connectivity index (χ1) is 9.12. The fourth-order valence-corrected chi connectivity index (χ4v) is 2.85. The molecule has 1 aromatic rings. The van der Waals surface area contributed by atoms with E-state index in [1.54, 1.807) is 13.0 Å². The number of pyridine rings is 1. The summed E-state index contributed by atoms with van der Waals surface area (Å²) in [6.07, 6.45) is 1.39. The lowest BCUT2D eigenvalue weighted by Gasteiger charge is -2.55. The molecule has 1 spiro atoms. The van der Waals surface area contributed by atoms with Gasteiger partial charge in [0, 0.05) is 31.3 Å². The first-order valence-corrected chi connectivity index (χ1v) is 6.53. The third kappa shape index (κ3) is 2.09. The molecule has 19 heavy (non-hydrogen) atoms. The van der Waals surface area contributed by atoms with Crippen LogP contribution < -0.4 is 4.90 Å². The van der Waals surface area contributed by atoms with Crippen molar-refractivity contribution in [2.45, 2.75) is 19.8 Å². The van der Waals surface area contributed by atoms with Gasteiger partial charge in [0.15, 0.2) is 5.69 Å². The van der Waals surface area contributed by atoms with Gasteiger partial charge < -0.3 is 9.64 Å². The van der Waals surface area contributed by atoms with Crippen LogP contribution in [0.4, 0.5) is 5.82 Å². The van der Waals surface area contributed by atoms with Gasteiger partial charge in [0.2, 0.25) is 0 Å². The smallest absolute Gasteiger partial charge is 0.356 e. The number of ether oxygens (including phenoxy) is 1. The number of carbonyl (C=O) groups is 2. The lowest BCUT2D eigenvalue weighted by Crippen LogP contribution is -2.63. The average molecular weight is 260 g/mol. The predicted octanol–water partition coefficient (Wildman–Crippen LogP) is 1.43. The molecule has 100 valence electrons. The molecule has 0 radical (unpaired) electrons. The molecule has 2 heterocycles. The van der Waals surface area contributed by atoms with Crippen molar-refractivity contribution in [3.8, 4) is 0 Å². The van der Waals surface area contributed by atoms with Gasteiger partial charge in [-0.15, -0.1) is 0 Å². The summed E-state index contributed by atoms with van der Waals surface area (Å²) in [6, 6.07) is 5.35. The van der Waals surface area contributed by atoms with Crippen molar-refractivity contribution in [1.82, 2.24) is 4.98 Å². The Hall–Kier alpha value is -1.91. The molecule has 0 N–H and O–H groups in total. The minimum atomic E-state index is -0.390. The zero-order valence-electron chi connectivity index (χ0n) is 10.9. The summed E-state index contributed by atoms with van der Waals surface area (Å²) < 4.78 is 4.94. The van der Waals surface area contributed by atoms with E-state index in [2.05, 4.69) is 9.88 Å². The van der Waals surface area contributed by atoms with Gasteiger partial charge in [-0.1, -0.05) is 6.07 Å². The van der Waals surface area contributed by atoms with Crippen LogP contribution in [0.1, 0.15) is 30.3 Å². The van der Waals surface area contributed by atoms with Crippen LogP contribution in [0.15, 0.2) is 18.2 Å². The number of nitrogens with zero attached hydrogens (tertiary/aromatic N) is 2. The number of hydrogen-bond acceptors (Lipinski definition) is 5. The Labute approximate surface area is 111 Å². The Balaban J connectivity index is 1.68. The maximum atomic E-state index is 11.6. The molecule has 0 bridgehead atoms. The van der Waals surface area contributed by atoms with Crippen molar-refractivity contribution >= 4 is 17.6 Å². The van der Waals surface area contributed by atoms with Gasteiger partial charge in [0.1, 0.15) is 11.6 Å². The first kappa shape index (κ1) is 12.1. The Morgan fingerprint density at radius 1 is 1.42 bits per heavy atom. The highest BCUT2D eigenvalue weighted by atomic mass is 16.5. The van der Waals surface area contributed by atoms with E-state index in [0.29, 0.717) is 30.9 Å². The van der Waals surface area contributed by atoms with Crippen molar-refractivity contribution in [2.24, 2.45) is 5.41 Å². The molecule has 2 aliphatic rings. The topological polar surface area (TPSA) is 59.5 Å². The van der Waals surface area contributed by atoms with E-state index >= 15 is 0 Å². The van der Waals surface area contributed by atoms with Crippen molar-refractivity contribution in [3.63, 3.8) is 0 Å². The number of rotatable bonds is 3. The molecule has 0 aromatic carbocycles. The lowest BCUT2D eigenvalue weighted by atomic mass is 9.63. The molecule has 0 amide bonds. The standard InChI is InChI=1S/C14H16N2O3/c1-2-19-13(18)11-4-3-5-12(15-11)16-8-14(9-16)6-10(17)7-14/h3-5H,2,6-9H2,1H3. The molecule has 0 atom stereocenters. The van der Waals surface area contributed by atoms with E-state index in [0.717, 1.165) is 18.9 Å². The number of hydrogen-bond donors (Lipinski definition) is 0. The van der Waals surface area contributed by atoms with Gasteiger partial charge >= 0.3 is 5.97 Å². The molecular weight excluding hydrogens is 244 g/mol. The predicted molar refractivity (Wildman–Crippen MR) is 69.1 cm³/mol. The Morgan fingerprint density at radius 3 is 2.79 bits per heavy atom. The summed E-state index contributed by atoms with van der Waals surface area (Å²) in [4.78, 5) is 29.1. The van der Waals surface area contributed by atoms with Gasteiger partial charge in [-0.2, -0.15) is 0 Å². The molecule has 1 aromatic heterocycles. The van der Waals surface area contributed by atoms with E-state index in [-0.39, 0.29) is 5.41 Å². The van der Waals surface area contributed by atoms with Gasteiger partial charge in [-0.05, 0) is 19.1 Å². The third-order valence-corrected chi connectivity index (χ3v) is 3.74. The highest BCUT2D eigenvalue weighted by molar-refractivity contribution is 5.88. The summed E-state index contributed by atoms with van der Waals surface area (Å²) in [6.45, 7) is 3.84. The second-order valence-electron chi connectivity index (χ2n) is 5.35. The molecule has 1 aliphatic heterocycles. The van der Waals surface area contributed by atoms with E-state index in [1.165, 1.54) is 0 Å². The maximum absolute atomic E-state index is 11.6. The van der Waals surface area contributed by atoms with Crippen LogP contribution >= 0.6 is 0 Å². The quantitative estimate of drug-likeness (QED) is 0.769. The largest absolute Gasteiger partial charge is 0.461 e. The van der Waals surface area contributed by atoms with E-state index in [9.17, 15) is 9.59 Å². The zero-order valence-corrected chi connectivity index (χ0v) is 10.9. The normalized spacial score (nSPS) is 19.8. The molecule has 1 saturated carbocycles. The molecule has 1 saturated heterocycles. The second kappa shape index (κ2) is 4.33. The number of carbonyl (C=O) groups excluding carboxylic acids is 2. The maximum Gasteiger partial charge on any atom is 0.356 e. The fourth-order valence-electron chi connectivity index (χ4n) is 2.85. The number of Topliss-reactive ketones (excluding diaryl/α,β-unsaturated/α-hetero) is 1. The monoisotopic (exact) mass is 260 g/mol. The third-order valence-electron chi connectivity index (χ3n) is 3.74. The summed E-state index contributed by atoms with van der Waals surface area (Å²) in [5.74, 6) is 0.752. The van der Waals surface area contributed by atoms with Crippen LogP contribution in [0, 0.1) is 5.41 Å². The number of aromatic nitrogens is 1. The molecular formula is C14H16N2O3. The van der Waals surface area contributed by atoms with E-state index in [1.807, 2.05) is 12.1 Å². The number of esters is 1. The molecule has 5 heteroatoms. The molecule has 3 rings (SSSR count). The van der Waals surface area contributed by atoms with Crippen molar-refractivity contribution in [1.29, 1.82) is 0 Å². The van der Waals surface area contributed by atoms with Crippen molar-refractivity contribution in [3.05, 3.63) is 23.9 Å². The SMILES string of the molecule is CCOC(=O)c1cccc(N2CC3(CC(=O)C3)C2)n1. The van der Waals surface area contributed by atoms with Crippen LogP contribution in [-0.2, 0) is 9.53 Å². The van der Waals surface area contributed by atoms with Crippen molar-refractivity contribution in [2.75, 3.05) is 24.6 Å². The summed E-state index contributed by atoms with van der Waals surface area (Å²) in [7, 11) is 0. The average Bonchev–Trinajstić information content (AvgIpc) is 2.32. The highest BCUT2D eigenvalue weighted by Gasteiger charge is 2.52. The molecule has 2 fully saturated rings. The summed E-state index contributed by atoms with van der Waals surface area (Å²) in [5.41, 5.74) is 0.531. The van der Waals surface area contributed by atoms with Crippen molar-refractivity contribution < 1.29 is 14.3 Å². The number of anilines is 1. The Morgan fingerprint density at radius 2 is 2.16 bits per heavy atom. The second-order valence-corrected chi connectivity index (χ2v) is 5.35. The van der Waals surface area contributed by atoms with Gasteiger partial charge in [0.25, 0.3) is 0 Å². The van der Waals surface area contributed by atoms with E-state index < -0.39 is 5.97 Å². The lowest BCUT2D eigenvalue weighted by molar-refractivity contribution is -0.134. The first-order valence-electron chi connectivity index (χ1n) is 6.53. The van der Waals surface area contributed by atoms with Gasteiger partial charge in [0.05, 0.1) is 6.61 Å². The molecule has 1 aliphatic carbocycles. The molecule has 0 unspecified atom stereocenters. The summed E-state index contributed by atoms with van der Waals surface area (Å²) >= 11 is 0. The van der Waals surface area contributed by atoms with Crippen LogP contribution in [0.5, 0.6) is 0 Å². The van der Waals surface area contributed by atoms with E-state index in [4.69, 9.17) is 4.74 Å². The Kier molecular flexibility index (Phi) is 2.77. The highest BCUT2D eigenvalue weighted by Crippen LogP contribution is 2.47. The van der Waals surface area contributed by atoms with Crippen LogP contribution in [-0.4, -0.2) is 36.4 Å². The minimum absolute atomic E-state index is 0.193. The van der Waals surface area contributed by atoms with Gasteiger partial charge in [-0.25, -0.2) is 9.78 Å². The van der Waals surface area contributed by atoms with Crippen LogP contribution in [0.25, 0.3) is 0 Å². The molecule has 5 nitrogen and oxygen atoms in total. The van der Waals surface area contributed by atoms with Crippen LogP contribution in [0.3, 0.4) is 0 Å². The fraction of sp³-hybridized carbons (Fsp3) is 0.500. The summed E-state index contributed by atoms with van der Waals surface area (Å²) in [5, 5.41) is 0. The minimum Gasteiger partial charge on any atom is -0.461 e. The van der Waals surface area contributed by atoms with Gasteiger partial charge in [-0.3, -0.25) is 4.79 Å². The zero-order chi connectivity index (χ0) is 13.5. The Bertz CT molecular complexity index is 525. The number of ketones is 1.